The summed E-state index contributed by atoms with van der Waals surface area (Å²) in [6.45, 7) is 12.2. The van der Waals surface area contributed by atoms with Gasteiger partial charge in [0.05, 0.1) is 22.8 Å². The van der Waals surface area contributed by atoms with Gasteiger partial charge in [0.15, 0.2) is 0 Å². The van der Waals surface area contributed by atoms with Crippen molar-refractivity contribution in [2.75, 3.05) is 18.0 Å². The van der Waals surface area contributed by atoms with E-state index in [0.717, 1.165) is 29.1 Å². The summed E-state index contributed by atoms with van der Waals surface area (Å²) in [7, 11) is 0. The van der Waals surface area contributed by atoms with Gasteiger partial charge >= 0.3 is 6.09 Å². The van der Waals surface area contributed by atoms with E-state index in [9.17, 15) is 14.4 Å². The second-order valence-electron chi connectivity index (χ2n) is 10.5. The lowest BCUT2D eigenvalue weighted by atomic mass is 9.93. The molecule has 0 aliphatic carbocycles. The van der Waals surface area contributed by atoms with Crippen molar-refractivity contribution in [1.29, 1.82) is 0 Å². The predicted octanol–water partition coefficient (Wildman–Crippen LogP) is 4.27. The van der Waals surface area contributed by atoms with Crippen LogP contribution in [0.1, 0.15) is 68.7 Å². The van der Waals surface area contributed by atoms with E-state index in [2.05, 4.69) is 10.2 Å². The molecule has 33 heavy (non-hydrogen) atoms. The van der Waals surface area contributed by atoms with Crippen LogP contribution in [0.25, 0.3) is 10.8 Å². The van der Waals surface area contributed by atoms with Gasteiger partial charge in [0.25, 0.3) is 11.8 Å². The smallest absolute Gasteiger partial charge is 0.407 e. The van der Waals surface area contributed by atoms with E-state index < -0.39 is 29.1 Å². The topological polar surface area (TPSA) is 88.2 Å². The number of hydrogen-bond donors (Lipinski definition) is 1. The average Bonchev–Trinajstić information content (AvgIpc) is 3.14. The van der Waals surface area contributed by atoms with Crippen molar-refractivity contribution in [3.05, 3.63) is 41.5 Å². The summed E-state index contributed by atoms with van der Waals surface area (Å²) >= 11 is 0. The highest BCUT2D eigenvalue weighted by molar-refractivity contribution is 6.26. The Balaban J connectivity index is 1.62. The SMILES string of the molecule is CC(C)(C)OC(=O)NC1CCN(c2ccc3c4c(cccc24)C(=O)N(OC(C)(C)C)C3=O)C1. The van der Waals surface area contributed by atoms with Crippen LogP contribution in [0.15, 0.2) is 30.3 Å². The predicted molar refractivity (Wildman–Crippen MR) is 125 cm³/mol. The van der Waals surface area contributed by atoms with E-state index >= 15 is 0 Å². The van der Waals surface area contributed by atoms with E-state index in [1.54, 1.807) is 32.9 Å². The van der Waals surface area contributed by atoms with E-state index in [1.807, 2.05) is 39.0 Å². The van der Waals surface area contributed by atoms with Crippen LogP contribution in [0.2, 0.25) is 0 Å². The quantitative estimate of drug-likeness (QED) is 0.699. The number of anilines is 1. The fourth-order valence-corrected chi connectivity index (χ4v) is 4.26. The van der Waals surface area contributed by atoms with Crippen LogP contribution in [-0.4, -0.2) is 53.3 Å². The maximum Gasteiger partial charge on any atom is 0.407 e. The van der Waals surface area contributed by atoms with E-state index in [4.69, 9.17) is 9.57 Å². The van der Waals surface area contributed by atoms with Gasteiger partial charge in [0, 0.05) is 29.5 Å². The van der Waals surface area contributed by atoms with Gasteiger partial charge in [-0.05, 0) is 66.2 Å². The standard InChI is InChI=1S/C25H31N3O5/c1-24(2,3)32-23(31)26-15-12-13-27(14-15)19-11-10-18-20-16(19)8-7-9-17(20)21(29)28(22(18)30)33-25(4,5)6/h7-11,15H,12-14H2,1-6H3,(H,26,31). The van der Waals surface area contributed by atoms with Gasteiger partial charge in [-0.3, -0.25) is 14.4 Å². The van der Waals surface area contributed by atoms with Gasteiger partial charge in [0.2, 0.25) is 0 Å². The second kappa shape index (κ2) is 8.02. The molecule has 2 aromatic rings. The Morgan fingerprint density at radius 2 is 1.64 bits per heavy atom. The maximum absolute atomic E-state index is 13.1. The van der Waals surface area contributed by atoms with Crippen LogP contribution in [0.4, 0.5) is 10.5 Å². The minimum Gasteiger partial charge on any atom is -0.444 e. The third-order valence-corrected chi connectivity index (χ3v) is 5.46. The summed E-state index contributed by atoms with van der Waals surface area (Å²) in [4.78, 5) is 46.2. The van der Waals surface area contributed by atoms with Crippen molar-refractivity contribution in [2.45, 2.75) is 65.2 Å². The van der Waals surface area contributed by atoms with Crippen molar-refractivity contribution >= 4 is 34.4 Å². The molecule has 2 heterocycles. The van der Waals surface area contributed by atoms with E-state index in [0.29, 0.717) is 23.1 Å². The highest BCUT2D eigenvalue weighted by Crippen LogP contribution is 2.37. The molecule has 4 rings (SSSR count). The minimum atomic E-state index is -0.692. The number of alkyl carbamates (subject to hydrolysis) is 1. The number of nitrogens with one attached hydrogen (secondary N) is 1. The number of carbonyl (C=O) groups excluding carboxylic acids is 3. The first-order valence-electron chi connectivity index (χ1n) is 11.2. The van der Waals surface area contributed by atoms with Crippen molar-refractivity contribution in [1.82, 2.24) is 10.4 Å². The summed E-state index contributed by atoms with van der Waals surface area (Å²) in [5.41, 5.74) is 0.562. The number of nitrogens with zero attached hydrogens (tertiary/aromatic N) is 2. The molecule has 1 N–H and O–H groups in total. The molecule has 8 nitrogen and oxygen atoms in total. The molecule has 3 amide bonds. The molecule has 8 heteroatoms. The summed E-state index contributed by atoms with van der Waals surface area (Å²) < 4.78 is 5.37. The molecule has 176 valence electrons. The third kappa shape index (κ3) is 4.66. The Morgan fingerprint density at radius 3 is 2.27 bits per heavy atom. The Morgan fingerprint density at radius 1 is 0.970 bits per heavy atom. The molecule has 2 aliphatic rings. The molecular formula is C25H31N3O5. The number of ether oxygens (including phenoxy) is 1. The van der Waals surface area contributed by atoms with Crippen LogP contribution < -0.4 is 10.2 Å². The van der Waals surface area contributed by atoms with Gasteiger partial charge in [-0.15, -0.1) is 5.06 Å². The van der Waals surface area contributed by atoms with Crippen molar-refractivity contribution in [2.24, 2.45) is 0 Å². The molecule has 0 spiro atoms. The van der Waals surface area contributed by atoms with Crippen LogP contribution >= 0.6 is 0 Å². The third-order valence-electron chi connectivity index (χ3n) is 5.46. The summed E-state index contributed by atoms with van der Waals surface area (Å²) in [5.74, 6) is -0.924. The number of rotatable bonds is 3. The normalized spacial score (nSPS) is 18.8. The van der Waals surface area contributed by atoms with Crippen molar-refractivity contribution in [3.63, 3.8) is 0 Å². The van der Waals surface area contributed by atoms with Crippen molar-refractivity contribution in [3.8, 4) is 0 Å². The van der Waals surface area contributed by atoms with Crippen LogP contribution in [0, 0.1) is 0 Å². The molecule has 1 saturated heterocycles. The first-order valence-corrected chi connectivity index (χ1v) is 11.2. The molecule has 2 aliphatic heterocycles. The average molecular weight is 454 g/mol. The lowest BCUT2D eigenvalue weighted by Gasteiger charge is -2.32. The molecule has 0 aromatic heterocycles. The molecular weight excluding hydrogens is 422 g/mol. The minimum absolute atomic E-state index is 0.0513. The number of carbonyl (C=O) groups is 3. The Hall–Kier alpha value is -3.13. The van der Waals surface area contributed by atoms with Gasteiger partial charge in [-0.25, -0.2) is 4.79 Å². The number of amides is 3. The zero-order valence-electron chi connectivity index (χ0n) is 20.0. The molecule has 0 bridgehead atoms. The highest BCUT2D eigenvalue weighted by atomic mass is 16.7. The molecule has 1 atom stereocenters. The lowest BCUT2D eigenvalue weighted by molar-refractivity contribution is -0.168. The fourth-order valence-electron chi connectivity index (χ4n) is 4.26. The lowest BCUT2D eigenvalue weighted by Crippen LogP contribution is -2.44. The summed E-state index contributed by atoms with van der Waals surface area (Å²) in [5, 5.41) is 5.28. The Bertz CT molecular complexity index is 1110. The number of benzene rings is 2. The van der Waals surface area contributed by atoms with E-state index in [1.165, 1.54) is 0 Å². The monoisotopic (exact) mass is 453 g/mol. The van der Waals surface area contributed by atoms with Gasteiger partial charge in [-0.2, -0.15) is 0 Å². The van der Waals surface area contributed by atoms with Crippen LogP contribution in [-0.2, 0) is 9.57 Å². The van der Waals surface area contributed by atoms with Gasteiger partial charge in [0.1, 0.15) is 5.60 Å². The van der Waals surface area contributed by atoms with Gasteiger partial charge < -0.3 is 15.0 Å². The first-order chi connectivity index (χ1) is 15.3. The molecule has 2 aromatic carbocycles. The summed E-state index contributed by atoms with van der Waals surface area (Å²) in [6, 6.07) is 9.07. The van der Waals surface area contributed by atoms with Gasteiger partial charge in [-0.1, -0.05) is 12.1 Å². The zero-order chi connectivity index (χ0) is 24.1. The number of imide groups is 1. The molecule has 1 unspecified atom stereocenters. The highest BCUT2D eigenvalue weighted by Gasteiger charge is 2.37. The molecule has 1 fully saturated rings. The molecule has 0 radical (unpaired) electrons. The second-order valence-corrected chi connectivity index (χ2v) is 10.5. The fraction of sp³-hybridized carbons (Fsp3) is 0.480. The first kappa shape index (κ1) is 23.0. The molecule has 0 saturated carbocycles. The van der Waals surface area contributed by atoms with Crippen molar-refractivity contribution < 1.29 is 24.0 Å². The van der Waals surface area contributed by atoms with E-state index in [-0.39, 0.29) is 6.04 Å². The Kier molecular flexibility index (Phi) is 5.60. The number of hydrogen-bond acceptors (Lipinski definition) is 6. The number of hydroxylamine groups is 2. The van der Waals surface area contributed by atoms with Crippen LogP contribution in [0.5, 0.6) is 0 Å². The Labute approximate surface area is 193 Å². The maximum atomic E-state index is 13.1. The van der Waals surface area contributed by atoms with Crippen LogP contribution in [0.3, 0.4) is 0 Å². The zero-order valence-corrected chi connectivity index (χ0v) is 20.0. The largest absolute Gasteiger partial charge is 0.444 e. The summed E-state index contributed by atoms with van der Waals surface area (Å²) in [6.07, 6.45) is 0.342.